The molecule has 3 aromatic heterocycles. The molecule has 0 aliphatic heterocycles. The second kappa shape index (κ2) is 8.51. The molecule has 3 heterocycles. The molecule has 5 rings (SSSR count). The molecule has 0 saturated carbocycles. The Kier molecular flexibility index (Phi) is 5.39. The number of aryl methyl sites for hydroxylation is 1. The lowest BCUT2D eigenvalue weighted by Crippen LogP contribution is -2.40. The molecule has 0 aliphatic rings. The van der Waals surface area contributed by atoms with Gasteiger partial charge in [0, 0.05) is 5.56 Å². The Morgan fingerprint density at radius 3 is 2.70 bits per heavy atom. The minimum atomic E-state index is -0.440. The van der Waals surface area contributed by atoms with Gasteiger partial charge in [-0.25, -0.2) is 4.79 Å². The fraction of sp³-hybridized carbons (Fsp3) is 0.167. The summed E-state index contributed by atoms with van der Waals surface area (Å²) in [6, 6.07) is 16.8. The molecule has 166 valence electrons. The number of thiophene rings is 1. The van der Waals surface area contributed by atoms with Gasteiger partial charge in [-0.1, -0.05) is 41.6 Å². The van der Waals surface area contributed by atoms with Gasteiger partial charge in [-0.15, -0.1) is 11.3 Å². The molecule has 0 amide bonds. The fourth-order valence-electron chi connectivity index (χ4n) is 3.77. The van der Waals surface area contributed by atoms with Crippen LogP contribution in [0.4, 0.5) is 0 Å². The van der Waals surface area contributed by atoms with Crippen molar-refractivity contribution in [2.75, 3.05) is 7.11 Å². The van der Waals surface area contributed by atoms with Crippen molar-refractivity contribution in [3.8, 4) is 17.1 Å². The van der Waals surface area contributed by atoms with E-state index in [1.807, 2.05) is 49.4 Å². The van der Waals surface area contributed by atoms with Crippen LogP contribution in [-0.2, 0) is 13.1 Å². The molecule has 0 atom stereocenters. The summed E-state index contributed by atoms with van der Waals surface area (Å²) in [6.07, 6.45) is 0. The van der Waals surface area contributed by atoms with Crippen LogP contribution in [-0.4, -0.2) is 26.4 Å². The van der Waals surface area contributed by atoms with Crippen molar-refractivity contribution in [3.05, 3.63) is 97.8 Å². The van der Waals surface area contributed by atoms with Gasteiger partial charge >= 0.3 is 5.69 Å². The Morgan fingerprint density at radius 2 is 1.88 bits per heavy atom. The Balaban J connectivity index is 1.56. The van der Waals surface area contributed by atoms with E-state index in [9.17, 15) is 9.59 Å². The number of benzene rings is 2. The van der Waals surface area contributed by atoms with Gasteiger partial charge in [-0.05, 0) is 41.6 Å². The van der Waals surface area contributed by atoms with Gasteiger partial charge in [0.2, 0.25) is 11.7 Å². The maximum Gasteiger partial charge on any atom is 0.332 e. The molecule has 0 fully saturated rings. The highest BCUT2D eigenvalue weighted by Gasteiger charge is 2.18. The molecule has 0 saturated heterocycles. The van der Waals surface area contributed by atoms with Crippen LogP contribution in [0.1, 0.15) is 17.0 Å². The fourth-order valence-corrected chi connectivity index (χ4v) is 4.61. The molecule has 0 spiro atoms. The van der Waals surface area contributed by atoms with Crippen molar-refractivity contribution in [2.24, 2.45) is 0 Å². The van der Waals surface area contributed by atoms with E-state index < -0.39 is 5.69 Å². The summed E-state index contributed by atoms with van der Waals surface area (Å²) < 4.78 is 13.9. The van der Waals surface area contributed by atoms with Crippen molar-refractivity contribution in [1.29, 1.82) is 0 Å². The third kappa shape index (κ3) is 3.87. The highest BCUT2D eigenvalue weighted by Crippen LogP contribution is 2.21. The predicted octanol–water partition coefficient (Wildman–Crippen LogP) is 3.69. The van der Waals surface area contributed by atoms with Crippen LogP contribution in [0.3, 0.4) is 0 Å². The summed E-state index contributed by atoms with van der Waals surface area (Å²) in [5.41, 5.74) is 2.46. The van der Waals surface area contributed by atoms with Crippen LogP contribution in [0, 0.1) is 6.92 Å². The normalized spacial score (nSPS) is 11.2. The topological polar surface area (TPSA) is 92.2 Å². The first-order valence-corrected chi connectivity index (χ1v) is 11.2. The zero-order valence-electron chi connectivity index (χ0n) is 18.0. The molecule has 5 aromatic rings. The lowest BCUT2D eigenvalue weighted by molar-refractivity contribution is 0.369. The second-order valence-corrected chi connectivity index (χ2v) is 8.49. The largest absolute Gasteiger partial charge is 0.497 e. The zero-order valence-corrected chi connectivity index (χ0v) is 18.8. The Hall–Kier alpha value is -3.98. The minimum Gasteiger partial charge on any atom is -0.497 e. The summed E-state index contributed by atoms with van der Waals surface area (Å²) in [7, 11) is 1.57. The molecule has 0 aliphatic carbocycles. The second-order valence-electron chi connectivity index (χ2n) is 7.57. The summed E-state index contributed by atoms with van der Waals surface area (Å²) in [5.74, 6) is 1.41. The Labute approximate surface area is 192 Å². The molecule has 0 radical (unpaired) electrons. The highest BCUT2D eigenvalue weighted by atomic mass is 32.1. The maximum atomic E-state index is 13.4. The Morgan fingerprint density at radius 1 is 1.03 bits per heavy atom. The highest BCUT2D eigenvalue weighted by molar-refractivity contribution is 7.17. The molecule has 2 aromatic carbocycles. The van der Waals surface area contributed by atoms with Gasteiger partial charge in [0.25, 0.3) is 5.56 Å². The average Bonchev–Trinajstić information content (AvgIpc) is 3.50. The number of fused-ring (bicyclic) bond motifs is 1. The molecular weight excluding hydrogens is 440 g/mol. The number of hydrogen-bond acceptors (Lipinski definition) is 7. The monoisotopic (exact) mass is 460 g/mol. The summed E-state index contributed by atoms with van der Waals surface area (Å²) >= 11 is 1.30. The lowest BCUT2D eigenvalue weighted by Gasteiger charge is -2.11. The van der Waals surface area contributed by atoms with Gasteiger partial charge in [-0.3, -0.25) is 13.9 Å². The van der Waals surface area contributed by atoms with Crippen LogP contribution >= 0.6 is 11.3 Å². The third-order valence-corrected chi connectivity index (χ3v) is 6.35. The maximum absolute atomic E-state index is 13.4. The van der Waals surface area contributed by atoms with Crippen molar-refractivity contribution < 1.29 is 9.26 Å². The quantitative estimate of drug-likeness (QED) is 0.384. The van der Waals surface area contributed by atoms with E-state index in [2.05, 4.69) is 10.1 Å². The van der Waals surface area contributed by atoms with E-state index in [1.54, 1.807) is 24.6 Å². The van der Waals surface area contributed by atoms with Crippen LogP contribution in [0.15, 0.2) is 74.1 Å². The molecule has 8 nitrogen and oxygen atoms in total. The minimum absolute atomic E-state index is 0.0589. The van der Waals surface area contributed by atoms with E-state index in [-0.39, 0.29) is 24.5 Å². The Bertz CT molecular complexity index is 1580. The molecule has 33 heavy (non-hydrogen) atoms. The lowest BCUT2D eigenvalue weighted by atomic mass is 10.1. The van der Waals surface area contributed by atoms with Crippen LogP contribution < -0.4 is 16.0 Å². The van der Waals surface area contributed by atoms with Gasteiger partial charge < -0.3 is 9.26 Å². The standard InChI is InChI=1S/C24H20N4O4S/c1-15-6-3-4-9-18(15)22-25-20(32-26-22)14-27-19-10-11-33-21(19)23(29)28(24(27)30)13-16-7-5-8-17(12-16)31-2/h3-12H,13-14H2,1-2H3. The van der Waals surface area contributed by atoms with Crippen LogP contribution in [0.2, 0.25) is 0 Å². The SMILES string of the molecule is COc1cccc(Cn2c(=O)c3sccc3n(Cc3nc(-c4ccccc4C)no3)c2=O)c1. The van der Waals surface area contributed by atoms with Crippen molar-refractivity contribution >= 4 is 21.6 Å². The van der Waals surface area contributed by atoms with Gasteiger partial charge in [0.1, 0.15) is 17.0 Å². The molecule has 0 unspecified atom stereocenters. The molecular formula is C24H20N4O4S. The van der Waals surface area contributed by atoms with Crippen LogP contribution in [0.5, 0.6) is 5.75 Å². The number of rotatable bonds is 6. The first-order chi connectivity index (χ1) is 16.0. The van der Waals surface area contributed by atoms with E-state index in [4.69, 9.17) is 9.26 Å². The number of nitrogens with zero attached hydrogens (tertiary/aromatic N) is 4. The van der Waals surface area contributed by atoms with Gasteiger partial charge in [-0.2, -0.15) is 4.98 Å². The number of ether oxygens (including phenoxy) is 1. The van der Waals surface area contributed by atoms with Gasteiger partial charge in [0.15, 0.2) is 0 Å². The van der Waals surface area contributed by atoms with E-state index in [1.165, 1.54) is 20.5 Å². The molecule has 0 N–H and O–H groups in total. The first kappa shape index (κ1) is 20.9. The zero-order chi connectivity index (χ0) is 22.9. The van der Waals surface area contributed by atoms with E-state index in [0.29, 0.717) is 21.8 Å². The van der Waals surface area contributed by atoms with Gasteiger partial charge in [0.05, 0.1) is 19.2 Å². The van der Waals surface area contributed by atoms with Crippen molar-refractivity contribution in [3.63, 3.8) is 0 Å². The van der Waals surface area contributed by atoms with Crippen molar-refractivity contribution in [2.45, 2.75) is 20.0 Å². The van der Waals surface area contributed by atoms with Crippen molar-refractivity contribution in [1.82, 2.24) is 19.3 Å². The first-order valence-electron chi connectivity index (χ1n) is 10.3. The van der Waals surface area contributed by atoms with E-state index >= 15 is 0 Å². The third-order valence-electron chi connectivity index (χ3n) is 5.46. The van der Waals surface area contributed by atoms with Crippen LogP contribution in [0.25, 0.3) is 21.6 Å². The number of aromatic nitrogens is 4. The summed E-state index contributed by atoms with van der Waals surface area (Å²) in [4.78, 5) is 31.0. The summed E-state index contributed by atoms with van der Waals surface area (Å²) in [5, 5.41) is 5.88. The molecule has 0 bridgehead atoms. The number of methoxy groups -OCH3 is 1. The smallest absolute Gasteiger partial charge is 0.332 e. The summed E-state index contributed by atoms with van der Waals surface area (Å²) in [6.45, 7) is 2.16. The number of hydrogen-bond donors (Lipinski definition) is 0. The molecule has 9 heteroatoms. The van der Waals surface area contributed by atoms with E-state index in [0.717, 1.165) is 16.7 Å². The average molecular weight is 461 g/mol. The predicted molar refractivity (Wildman–Crippen MR) is 126 cm³/mol.